The fourth-order valence-corrected chi connectivity index (χ4v) is 2.15. The fourth-order valence-electron chi connectivity index (χ4n) is 2.15. The Labute approximate surface area is 115 Å². The number of nitrogens with one attached hydrogen (secondary N) is 1. The van der Waals surface area contributed by atoms with Gasteiger partial charge in [0.25, 0.3) is 0 Å². The lowest BCUT2D eigenvalue weighted by Gasteiger charge is -2.26. The summed E-state index contributed by atoms with van der Waals surface area (Å²) >= 11 is 0. The highest BCUT2D eigenvalue weighted by Gasteiger charge is 2.09. The van der Waals surface area contributed by atoms with Crippen molar-refractivity contribution < 1.29 is 9.26 Å². The second-order valence-corrected chi connectivity index (χ2v) is 5.36. The van der Waals surface area contributed by atoms with Crippen molar-refractivity contribution in [1.82, 2.24) is 15.4 Å². The second-order valence-electron chi connectivity index (χ2n) is 5.36. The van der Waals surface area contributed by atoms with Gasteiger partial charge in [-0.1, -0.05) is 19.0 Å². The van der Waals surface area contributed by atoms with E-state index in [1.54, 1.807) is 0 Å². The van der Waals surface area contributed by atoms with Crippen molar-refractivity contribution in [1.29, 1.82) is 0 Å². The first-order chi connectivity index (χ1) is 9.25. The maximum Gasteiger partial charge on any atom is 0.139 e. The molecule has 1 aromatic heterocycles. The van der Waals surface area contributed by atoms with Crippen LogP contribution in [0.5, 0.6) is 0 Å². The molecule has 1 aliphatic rings. The molecule has 19 heavy (non-hydrogen) atoms. The Morgan fingerprint density at radius 3 is 2.84 bits per heavy atom. The molecule has 108 valence electrons. The number of hydrogen-bond acceptors (Lipinski definition) is 5. The number of hydrogen-bond donors (Lipinski definition) is 1. The molecule has 2 heterocycles. The summed E-state index contributed by atoms with van der Waals surface area (Å²) in [7, 11) is 0. The van der Waals surface area contributed by atoms with E-state index < -0.39 is 0 Å². The average Bonchev–Trinajstić information content (AvgIpc) is 2.89. The van der Waals surface area contributed by atoms with Gasteiger partial charge in [-0.3, -0.25) is 4.90 Å². The van der Waals surface area contributed by atoms with Gasteiger partial charge in [0.2, 0.25) is 0 Å². The van der Waals surface area contributed by atoms with E-state index in [-0.39, 0.29) is 0 Å². The lowest BCUT2D eigenvalue weighted by molar-refractivity contribution is 0.0374. The molecule has 0 aliphatic carbocycles. The highest BCUT2D eigenvalue weighted by Crippen LogP contribution is 2.14. The fraction of sp³-hybridized carbons (Fsp3) is 0.786. The van der Waals surface area contributed by atoms with E-state index in [1.165, 1.54) is 0 Å². The van der Waals surface area contributed by atoms with E-state index in [9.17, 15) is 0 Å². The van der Waals surface area contributed by atoms with Gasteiger partial charge in [0.05, 0.1) is 18.9 Å². The van der Waals surface area contributed by atoms with Crippen molar-refractivity contribution >= 4 is 0 Å². The Morgan fingerprint density at radius 1 is 1.37 bits per heavy atom. The molecule has 0 radical (unpaired) electrons. The molecule has 0 amide bonds. The van der Waals surface area contributed by atoms with Crippen LogP contribution in [-0.2, 0) is 11.3 Å². The van der Waals surface area contributed by atoms with Gasteiger partial charge < -0.3 is 14.6 Å². The molecule has 1 N–H and O–H groups in total. The molecule has 1 saturated heterocycles. The molecule has 2 rings (SSSR count). The number of aromatic nitrogens is 1. The van der Waals surface area contributed by atoms with E-state index in [0.29, 0.717) is 5.92 Å². The van der Waals surface area contributed by atoms with Crippen molar-refractivity contribution in [2.24, 2.45) is 0 Å². The normalized spacial score (nSPS) is 17.2. The monoisotopic (exact) mass is 267 g/mol. The zero-order chi connectivity index (χ0) is 13.5. The largest absolute Gasteiger partial charge is 0.379 e. The van der Waals surface area contributed by atoms with E-state index in [0.717, 1.165) is 63.8 Å². The molecule has 0 aromatic carbocycles. The van der Waals surface area contributed by atoms with Gasteiger partial charge in [-0.2, -0.15) is 0 Å². The molecule has 0 spiro atoms. The highest BCUT2D eigenvalue weighted by molar-refractivity contribution is 5.08. The summed E-state index contributed by atoms with van der Waals surface area (Å²) < 4.78 is 10.6. The maximum atomic E-state index is 5.33. The molecule has 0 unspecified atom stereocenters. The quantitative estimate of drug-likeness (QED) is 0.761. The van der Waals surface area contributed by atoms with Gasteiger partial charge in [-0.25, -0.2) is 0 Å². The van der Waals surface area contributed by atoms with E-state index in [2.05, 4.69) is 29.2 Å². The van der Waals surface area contributed by atoms with Crippen LogP contribution < -0.4 is 5.32 Å². The summed E-state index contributed by atoms with van der Waals surface area (Å²) in [6.07, 6.45) is 1.16. The third-order valence-corrected chi connectivity index (χ3v) is 3.38. The summed E-state index contributed by atoms with van der Waals surface area (Å²) in [5.41, 5.74) is 0.995. The zero-order valence-electron chi connectivity index (χ0n) is 12.0. The van der Waals surface area contributed by atoms with Crippen molar-refractivity contribution in [3.8, 4) is 0 Å². The Kier molecular flexibility index (Phi) is 5.82. The van der Waals surface area contributed by atoms with Crippen molar-refractivity contribution in [2.75, 3.05) is 39.4 Å². The molecule has 0 saturated carbocycles. The van der Waals surface area contributed by atoms with Crippen LogP contribution in [0.4, 0.5) is 0 Å². The van der Waals surface area contributed by atoms with Crippen LogP contribution in [-0.4, -0.2) is 49.4 Å². The smallest absolute Gasteiger partial charge is 0.139 e. The summed E-state index contributed by atoms with van der Waals surface area (Å²) in [4.78, 5) is 2.46. The van der Waals surface area contributed by atoms with Crippen LogP contribution in [0.2, 0.25) is 0 Å². The summed E-state index contributed by atoms with van der Waals surface area (Å²) in [5.74, 6) is 1.37. The number of nitrogens with zero attached hydrogens (tertiary/aromatic N) is 2. The third-order valence-electron chi connectivity index (χ3n) is 3.38. The summed E-state index contributed by atoms with van der Waals surface area (Å²) in [6, 6.07) is 2.04. The maximum absolute atomic E-state index is 5.33. The number of morpholine rings is 1. The molecular formula is C14H25N3O2. The highest BCUT2D eigenvalue weighted by atomic mass is 16.5. The topological polar surface area (TPSA) is 50.5 Å². The molecule has 1 aromatic rings. The summed E-state index contributed by atoms with van der Waals surface area (Å²) in [5, 5.41) is 7.47. The molecular weight excluding hydrogens is 242 g/mol. The Bertz CT molecular complexity index is 359. The van der Waals surface area contributed by atoms with Crippen molar-refractivity contribution in [3.05, 3.63) is 17.5 Å². The summed E-state index contributed by atoms with van der Waals surface area (Å²) in [6.45, 7) is 11.1. The van der Waals surface area contributed by atoms with Crippen LogP contribution in [0.1, 0.15) is 37.6 Å². The lowest BCUT2D eigenvalue weighted by Crippen LogP contribution is -2.37. The van der Waals surface area contributed by atoms with Gasteiger partial charge in [0.15, 0.2) is 0 Å². The van der Waals surface area contributed by atoms with E-state index >= 15 is 0 Å². The van der Waals surface area contributed by atoms with Crippen LogP contribution in [0, 0.1) is 0 Å². The zero-order valence-corrected chi connectivity index (χ0v) is 12.0. The first-order valence-corrected chi connectivity index (χ1v) is 7.22. The average molecular weight is 267 g/mol. The lowest BCUT2D eigenvalue weighted by atomic mass is 10.1. The predicted octanol–water partition coefficient (Wildman–Crippen LogP) is 1.61. The standard InChI is InChI=1S/C14H25N3O2/c1-12(2)14-10-13(16-19-14)11-15-4-3-5-17-6-8-18-9-7-17/h10,12,15H,3-9,11H2,1-2H3. The van der Waals surface area contributed by atoms with Gasteiger partial charge in [0, 0.05) is 31.6 Å². The molecule has 0 atom stereocenters. The van der Waals surface area contributed by atoms with E-state index in [4.69, 9.17) is 9.26 Å². The van der Waals surface area contributed by atoms with Gasteiger partial charge in [0.1, 0.15) is 5.76 Å². The third kappa shape index (κ3) is 4.93. The first-order valence-electron chi connectivity index (χ1n) is 7.22. The SMILES string of the molecule is CC(C)c1cc(CNCCCN2CCOCC2)no1. The number of rotatable bonds is 7. The molecule has 1 aliphatic heterocycles. The molecule has 0 bridgehead atoms. The first kappa shape index (κ1) is 14.5. The van der Waals surface area contributed by atoms with Crippen molar-refractivity contribution in [2.45, 2.75) is 32.7 Å². The molecule has 5 nitrogen and oxygen atoms in total. The molecule has 1 fully saturated rings. The Morgan fingerprint density at radius 2 is 2.16 bits per heavy atom. The van der Waals surface area contributed by atoms with Gasteiger partial charge >= 0.3 is 0 Å². The Hall–Kier alpha value is -0.910. The molecule has 5 heteroatoms. The van der Waals surface area contributed by atoms with Crippen molar-refractivity contribution in [3.63, 3.8) is 0 Å². The van der Waals surface area contributed by atoms with Crippen LogP contribution >= 0.6 is 0 Å². The van der Waals surface area contributed by atoms with Crippen LogP contribution in [0.15, 0.2) is 10.6 Å². The van der Waals surface area contributed by atoms with Gasteiger partial charge in [-0.15, -0.1) is 0 Å². The minimum absolute atomic E-state index is 0.405. The predicted molar refractivity (Wildman–Crippen MR) is 74.2 cm³/mol. The van der Waals surface area contributed by atoms with Crippen LogP contribution in [0.25, 0.3) is 0 Å². The Balaban J connectivity index is 1.55. The second kappa shape index (κ2) is 7.62. The minimum atomic E-state index is 0.405. The minimum Gasteiger partial charge on any atom is -0.379 e. The van der Waals surface area contributed by atoms with Gasteiger partial charge in [-0.05, 0) is 19.5 Å². The number of ether oxygens (including phenoxy) is 1. The van der Waals surface area contributed by atoms with E-state index in [1.807, 2.05) is 6.07 Å². The van der Waals surface area contributed by atoms with Crippen LogP contribution in [0.3, 0.4) is 0 Å².